The standard InChI is InChI=1S/C35H27NO2S/c1-20-9-13-29(22(3)15-20)36(30-14-10-21(2)16-23(30)4)24-11-12-25-27-18-28-32(19-34(27)39-33(25)17-24)38-31-8-6-5-7-26(31)35(28)37/h5-19H,1-4H3. The van der Waals surface area contributed by atoms with Crippen LogP contribution in [-0.4, -0.2) is 0 Å². The van der Waals surface area contributed by atoms with E-state index in [-0.39, 0.29) is 5.43 Å². The molecule has 0 bridgehead atoms. The highest BCUT2D eigenvalue weighted by molar-refractivity contribution is 7.25. The highest BCUT2D eigenvalue weighted by Crippen LogP contribution is 2.43. The second-order valence-electron chi connectivity index (χ2n) is 10.5. The summed E-state index contributed by atoms with van der Waals surface area (Å²) in [5.74, 6) is 0. The topological polar surface area (TPSA) is 33.5 Å². The van der Waals surface area contributed by atoms with Crippen molar-refractivity contribution in [2.45, 2.75) is 27.7 Å². The molecule has 0 saturated carbocycles. The Kier molecular flexibility index (Phi) is 5.36. The highest BCUT2D eigenvalue weighted by atomic mass is 32.1. The number of hydrogen-bond donors (Lipinski definition) is 0. The number of thiophene rings is 1. The number of fused-ring (bicyclic) bond motifs is 5. The van der Waals surface area contributed by atoms with Gasteiger partial charge in [0.05, 0.1) is 10.8 Å². The van der Waals surface area contributed by atoms with Crippen LogP contribution in [0.1, 0.15) is 22.3 Å². The zero-order valence-corrected chi connectivity index (χ0v) is 23.1. The van der Waals surface area contributed by atoms with Gasteiger partial charge in [-0.25, -0.2) is 0 Å². The van der Waals surface area contributed by atoms with Gasteiger partial charge in [-0.05, 0) is 87.4 Å². The summed E-state index contributed by atoms with van der Waals surface area (Å²) in [4.78, 5) is 15.7. The first-order valence-corrected chi connectivity index (χ1v) is 14.0. The van der Waals surface area contributed by atoms with E-state index in [0.29, 0.717) is 21.9 Å². The number of hydrogen-bond acceptors (Lipinski definition) is 4. The highest BCUT2D eigenvalue weighted by Gasteiger charge is 2.19. The molecule has 2 aromatic heterocycles. The Bertz CT molecular complexity index is 2100. The minimum atomic E-state index is 0.0144. The zero-order valence-electron chi connectivity index (χ0n) is 22.3. The average molecular weight is 526 g/mol. The van der Waals surface area contributed by atoms with Gasteiger partial charge in [0.25, 0.3) is 0 Å². The quantitative estimate of drug-likeness (QED) is 0.215. The number of anilines is 3. The summed E-state index contributed by atoms with van der Waals surface area (Å²) in [5, 5.41) is 3.47. The van der Waals surface area contributed by atoms with Gasteiger partial charge in [0.2, 0.25) is 5.43 Å². The summed E-state index contributed by atoms with van der Waals surface area (Å²) >= 11 is 1.73. The minimum Gasteiger partial charge on any atom is -0.456 e. The third-order valence-corrected chi connectivity index (χ3v) is 8.71. The smallest absolute Gasteiger partial charge is 0.200 e. The fourth-order valence-corrected chi connectivity index (χ4v) is 6.87. The first-order valence-electron chi connectivity index (χ1n) is 13.1. The SMILES string of the molecule is Cc1ccc(N(c2ccc3c(c2)sc2cc4oc5ccccc5c(=O)c4cc23)c2ccc(C)cc2C)c(C)c1. The van der Waals surface area contributed by atoms with Crippen LogP contribution in [0.5, 0.6) is 0 Å². The molecule has 2 heterocycles. The van der Waals surface area contributed by atoms with E-state index in [2.05, 4.69) is 87.2 Å². The summed E-state index contributed by atoms with van der Waals surface area (Å²) in [6, 6.07) is 31.4. The fourth-order valence-electron chi connectivity index (χ4n) is 5.72. The van der Waals surface area contributed by atoms with E-state index >= 15 is 0 Å². The molecule has 5 aromatic carbocycles. The Morgan fingerprint density at radius 3 is 1.95 bits per heavy atom. The molecule has 0 spiro atoms. The number of rotatable bonds is 3. The van der Waals surface area contributed by atoms with Crippen LogP contribution >= 0.6 is 11.3 Å². The van der Waals surface area contributed by atoms with Crippen molar-refractivity contribution in [3.05, 3.63) is 123 Å². The van der Waals surface area contributed by atoms with Gasteiger partial charge in [-0.15, -0.1) is 11.3 Å². The summed E-state index contributed by atoms with van der Waals surface area (Å²) in [5.41, 5.74) is 9.67. The summed E-state index contributed by atoms with van der Waals surface area (Å²) in [6.07, 6.45) is 0. The maximum absolute atomic E-state index is 13.3. The van der Waals surface area contributed by atoms with E-state index in [1.54, 1.807) is 11.3 Å². The monoisotopic (exact) mass is 525 g/mol. The van der Waals surface area contributed by atoms with Gasteiger partial charge in [-0.3, -0.25) is 4.79 Å². The lowest BCUT2D eigenvalue weighted by Crippen LogP contribution is -2.12. The third kappa shape index (κ3) is 3.83. The molecule has 0 N–H and O–H groups in total. The molecule has 3 nitrogen and oxygen atoms in total. The largest absolute Gasteiger partial charge is 0.456 e. The molecule has 0 radical (unpaired) electrons. The van der Waals surface area contributed by atoms with Crippen LogP contribution in [0.15, 0.2) is 100 Å². The van der Waals surface area contributed by atoms with Crippen LogP contribution in [0, 0.1) is 27.7 Å². The molecule has 0 saturated heterocycles. The van der Waals surface area contributed by atoms with Crippen LogP contribution in [0.25, 0.3) is 42.1 Å². The number of nitrogens with zero attached hydrogens (tertiary/aromatic N) is 1. The van der Waals surface area contributed by atoms with Crippen molar-refractivity contribution in [2.75, 3.05) is 4.90 Å². The molecule has 0 amide bonds. The number of benzene rings is 5. The molecule has 7 rings (SSSR count). The molecule has 0 atom stereocenters. The van der Waals surface area contributed by atoms with Crippen molar-refractivity contribution in [1.29, 1.82) is 0 Å². The lowest BCUT2D eigenvalue weighted by atomic mass is 10.0. The number of aryl methyl sites for hydroxylation is 4. The predicted octanol–water partition coefficient (Wildman–Crippen LogP) is 10.0. The van der Waals surface area contributed by atoms with Crippen LogP contribution in [0.4, 0.5) is 17.1 Å². The Labute approximate surface area is 230 Å². The lowest BCUT2D eigenvalue weighted by Gasteiger charge is -2.29. The Hall–Kier alpha value is -4.41. The van der Waals surface area contributed by atoms with Gasteiger partial charge < -0.3 is 9.32 Å². The summed E-state index contributed by atoms with van der Waals surface area (Å²) < 4.78 is 8.44. The van der Waals surface area contributed by atoms with Crippen molar-refractivity contribution >= 4 is 70.5 Å². The molecule has 0 aliphatic heterocycles. The minimum absolute atomic E-state index is 0.0144. The van der Waals surface area contributed by atoms with Crippen LogP contribution in [0.2, 0.25) is 0 Å². The van der Waals surface area contributed by atoms with Crippen LogP contribution < -0.4 is 10.3 Å². The number of para-hydroxylation sites is 1. The molecule has 0 aliphatic rings. The van der Waals surface area contributed by atoms with Gasteiger partial charge in [-0.2, -0.15) is 0 Å². The molecule has 39 heavy (non-hydrogen) atoms. The van der Waals surface area contributed by atoms with E-state index < -0.39 is 0 Å². The molecule has 4 heteroatoms. The molecule has 0 fully saturated rings. The Morgan fingerprint density at radius 2 is 1.26 bits per heavy atom. The van der Waals surface area contributed by atoms with E-state index in [0.717, 1.165) is 21.2 Å². The van der Waals surface area contributed by atoms with Crippen molar-refractivity contribution < 1.29 is 4.42 Å². The van der Waals surface area contributed by atoms with Crippen LogP contribution in [-0.2, 0) is 0 Å². The molecule has 7 aromatic rings. The second-order valence-corrected chi connectivity index (χ2v) is 11.6. The zero-order chi connectivity index (χ0) is 26.8. The van der Waals surface area contributed by atoms with Gasteiger partial charge in [0.15, 0.2) is 0 Å². The Balaban J connectivity index is 1.46. The molecular formula is C35H27NO2S. The van der Waals surface area contributed by atoms with E-state index in [9.17, 15) is 4.79 Å². The maximum Gasteiger partial charge on any atom is 0.200 e. The summed E-state index contributed by atoms with van der Waals surface area (Å²) in [6.45, 7) is 8.62. The van der Waals surface area contributed by atoms with Gasteiger partial charge >= 0.3 is 0 Å². The van der Waals surface area contributed by atoms with E-state index in [1.165, 1.54) is 38.3 Å². The summed E-state index contributed by atoms with van der Waals surface area (Å²) in [7, 11) is 0. The van der Waals surface area contributed by atoms with Crippen molar-refractivity contribution in [1.82, 2.24) is 0 Å². The van der Waals surface area contributed by atoms with Gasteiger partial charge in [0.1, 0.15) is 11.2 Å². The lowest BCUT2D eigenvalue weighted by molar-refractivity contribution is 0.660. The molecule has 190 valence electrons. The van der Waals surface area contributed by atoms with Gasteiger partial charge in [-0.1, -0.05) is 53.6 Å². The van der Waals surface area contributed by atoms with Gasteiger partial charge in [0, 0.05) is 37.2 Å². The van der Waals surface area contributed by atoms with E-state index in [4.69, 9.17) is 4.42 Å². The van der Waals surface area contributed by atoms with E-state index in [1.807, 2.05) is 36.4 Å². The maximum atomic E-state index is 13.3. The Morgan fingerprint density at radius 1 is 0.590 bits per heavy atom. The first kappa shape index (κ1) is 23.7. The normalized spacial score (nSPS) is 11.7. The second kappa shape index (κ2) is 8.82. The molecule has 0 unspecified atom stereocenters. The van der Waals surface area contributed by atoms with Crippen LogP contribution in [0.3, 0.4) is 0 Å². The van der Waals surface area contributed by atoms with Crippen molar-refractivity contribution in [3.63, 3.8) is 0 Å². The first-order chi connectivity index (χ1) is 18.9. The predicted molar refractivity (Wildman–Crippen MR) is 167 cm³/mol. The molecule has 0 aliphatic carbocycles. The van der Waals surface area contributed by atoms with Crippen molar-refractivity contribution in [3.8, 4) is 0 Å². The molecular weight excluding hydrogens is 498 g/mol. The third-order valence-electron chi connectivity index (χ3n) is 7.60. The fraction of sp³-hybridized carbons (Fsp3) is 0.114. The van der Waals surface area contributed by atoms with Crippen molar-refractivity contribution in [2.24, 2.45) is 0 Å². The average Bonchev–Trinajstić information content (AvgIpc) is 3.27.